The SMILES string of the molecule is Cc1noc(C)c1S(=O)(=O)N1CCCC1Cn1nc(-c2cccnc2)ccc1=O. The number of pyridine rings is 1. The van der Waals surface area contributed by atoms with E-state index >= 15 is 0 Å². The van der Waals surface area contributed by atoms with Crippen LogP contribution in [0.15, 0.2) is 50.9 Å². The summed E-state index contributed by atoms with van der Waals surface area (Å²) in [6.07, 6.45) is 4.69. The third-order valence-electron chi connectivity index (χ3n) is 5.07. The van der Waals surface area contributed by atoms with Gasteiger partial charge in [-0.05, 0) is 44.9 Å². The molecule has 0 saturated carbocycles. The minimum absolute atomic E-state index is 0.105. The topological polar surface area (TPSA) is 111 Å². The van der Waals surface area contributed by atoms with Crippen molar-refractivity contribution < 1.29 is 12.9 Å². The van der Waals surface area contributed by atoms with E-state index in [2.05, 4.69) is 15.2 Å². The van der Waals surface area contributed by atoms with Gasteiger partial charge in [0.05, 0.1) is 12.2 Å². The van der Waals surface area contributed by atoms with Gasteiger partial charge >= 0.3 is 0 Å². The summed E-state index contributed by atoms with van der Waals surface area (Å²) >= 11 is 0. The zero-order chi connectivity index (χ0) is 20.6. The van der Waals surface area contributed by atoms with Crippen LogP contribution in [0.4, 0.5) is 0 Å². The van der Waals surface area contributed by atoms with Crippen LogP contribution in [0.25, 0.3) is 11.3 Å². The monoisotopic (exact) mass is 415 g/mol. The fourth-order valence-electron chi connectivity index (χ4n) is 3.72. The minimum atomic E-state index is -3.78. The highest BCUT2D eigenvalue weighted by atomic mass is 32.2. The van der Waals surface area contributed by atoms with Gasteiger partial charge in [-0.25, -0.2) is 13.1 Å². The van der Waals surface area contributed by atoms with Crippen molar-refractivity contribution in [2.45, 2.75) is 44.2 Å². The highest BCUT2D eigenvalue weighted by Crippen LogP contribution is 2.30. The molecular formula is C19H21N5O4S. The molecule has 0 amide bonds. The number of nitrogens with zero attached hydrogens (tertiary/aromatic N) is 5. The van der Waals surface area contributed by atoms with Gasteiger partial charge in [0, 0.05) is 36.6 Å². The van der Waals surface area contributed by atoms with Crippen LogP contribution in [0.3, 0.4) is 0 Å². The van der Waals surface area contributed by atoms with E-state index in [9.17, 15) is 13.2 Å². The van der Waals surface area contributed by atoms with Gasteiger partial charge in [0.1, 0.15) is 10.6 Å². The summed E-state index contributed by atoms with van der Waals surface area (Å²) < 4.78 is 34.3. The van der Waals surface area contributed by atoms with Gasteiger partial charge in [-0.1, -0.05) is 5.16 Å². The van der Waals surface area contributed by atoms with Crippen molar-refractivity contribution in [1.82, 2.24) is 24.2 Å². The molecule has 3 aromatic rings. The van der Waals surface area contributed by atoms with E-state index in [-0.39, 0.29) is 28.8 Å². The molecular weight excluding hydrogens is 394 g/mol. The largest absolute Gasteiger partial charge is 0.360 e. The molecule has 0 aliphatic carbocycles. The van der Waals surface area contributed by atoms with Gasteiger partial charge in [0.25, 0.3) is 5.56 Å². The van der Waals surface area contributed by atoms with E-state index in [0.29, 0.717) is 30.8 Å². The van der Waals surface area contributed by atoms with E-state index in [1.165, 1.54) is 15.1 Å². The maximum absolute atomic E-state index is 13.2. The van der Waals surface area contributed by atoms with E-state index in [1.54, 1.807) is 38.4 Å². The number of sulfonamides is 1. The average molecular weight is 415 g/mol. The Morgan fingerprint density at radius 2 is 2.07 bits per heavy atom. The first kappa shape index (κ1) is 19.5. The van der Waals surface area contributed by atoms with Gasteiger partial charge in [-0.2, -0.15) is 9.40 Å². The highest BCUT2D eigenvalue weighted by Gasteiger charge is 2.39. The lowest BCUT2D eigenvalue weighted by molar-refractivity contribution is 0.334. The number of hydrogen-bond acceptors (Lipinski definition) is 7. The van der Waals surface area contributed by atoms with Gasteiger partial charge in [-0.15, -0.1) is 0 Å². The Labute approximate surface area is 168 Å². The Kier molecular flexibility index (Phi) is 5.05. The quantitative estimate of drug-likeness (QED) is 0.624. The lowest BCUT2D eigenvalue weighted by Crippen LogP contribution is -2.40. The molecule has 1 unspecified atom stereocenters. The zero-order valence-electron chi connectivity index (χ0n) is 16.1. The smallest absolute Gasteiger partial charge is 0.266 e. The number of aryl methyl sites for hydroxylation is 2. The predicted molar refractivity (Wildman–Crippen MR) is 105 cm³/mol. The van der Waals surface area contributed by atoms with Crippen molar-refractivity contribution in [3.8, 4) is 11.3 Å². The average Bonchev–Trinajstić information content (AvgIpc) is 3.31. The molecule has 0 bridgehead atoms. The predicted octanol–water partition coefficient (Wildman–Crippen LogP) is 1.76. The molecule has 0 radical (unpaired) electrons. The van der Waals surface area contributed by atoms with Crippen molar-refractivity contribution in [2.24, 2.45) is 0 Å². The lowest BCUT2D eigenvalue weighted by Gasteiger charge is -2.24. The van der Waals surface area contributed by atoms with E-state index in [4.69, 9.17) is 4.52 Å². The number of rotatable bonds is 5. The first-order valence-electron chi connectivity index (χ1n) is 9.31. The molecule has 1 aliphatic heterocycles. The van der Waals surface area contributed by atoms with Crippen molar-refractivity contribution in [3.05, 3.63) is 58.5 Å². The third-order valence-corrected chi connectivity index (χ3v) is 7.26. The molecule has 1 atom stereocenters. The molecule has 1 aliphatic rings. The third kappa shape index (κ3) is 3.60. The summed E-state index contributed by atoms with van der Waals surface area (Å²) in [5.41, 5.74) is 1.45. The van der Waals surface area contributed by atoms with Crippen molar-refractivity contribution in [1.29, 1.82) is 0 Å². The molecule has 0 aromatic carbocycles. The summed E-state index contributed by atoms with van der Waals surface area (Å²) in [4.78, 5) is 16.6. The summed E-state index contributed by atoms with van der Waals surface area (Å²) in [5, 5.41) is 8.20. The molecule has 29 heavy (non-hydrogen) atoms. The summed E-state index contributed by atoms with van der Waals surface area (Å²) in [7, 11) is -3.78. The first-order chi connectivity index (χ1) is 13.9. The normalized spacial score (nSPS) is 17.7. The van der Waals surface area contributed by atoms with E-state index in [1.807, 2.05) is 6.07 Å². The van der Waals surface area contributed by atoms with Crippen LogP contribution < -0.4 is 5.56 Å². The molecule has 1 fully saturated rings. The van der Waals surface area contributed by atoms with Crippen LogP contribution in [0.1, 0.15) is 24.3 Å². The molecule has 4 rings (SSSR count). The van der Waals surface area contributed by atoms with Gasteiger partial charge in [0.2, 0.25) is 10.0 Å². The second-order valence-electron chi connectivity index (χ2n) is 7.05. The van der Waals surface area contributed by atoms with Crippen molar-refractivity contribution in [3.63, 3.8) is 0 Å². The molecule has 3 aromatic heterocycles. The second kappa shape index (κ2) is 7.53. The zero-order valence-corrected chi connectivity index (χ0v) is 17.0. The van der Waals surface area contributed by atoms with Crippen molar-refractivity contribution >= 4 is 10.0 Å². The maximum Gasteiger partial charge on any atom is 0.266 e. The molecule has 0 N–H and O–H groups in total. The highest BCUT2D eigenvalue weighted by molar-refractivity contribution is 7.89. The molecule has 4 heterocycles. The van der Waals surface area contributed by atoms with Crippen LogP contribution in [0.5, 0.6) is 0 Å². The fraction of sp³-hybridized carbons (Fsp3) is 0.368. The second-order valence-corrected chi connectivity index (χ2v) is 8.87. The number of hydrogen-bond donors (Lipinski definition) is 0. The number of aromatic nitrogens is 4. The Morgan fingerprint density at radius 3 is 2.76 bits per heavy atom. The van der Waals surface area contributed by atoms with Crippen LogP contribution in [-0.2, 0) is 16.6 Å². The van der Waals surface area contributed by atoms with E-state index < -0.39 is 10.0 Å². The molecule has 10 heteroatoms. The van der Waals surface area contributed by atoms with Gasteiger partial charge in [0.15, 0.2) is 5.76 Å². The summed E-state index contributed by atoms with van der Waals surface area (Å²) in [6, 6.07) is 6.36. The Morgan fingerprint density at radius 1 is 1.24 bits per heavy atom. The standard InChI is InChI=1S/C19H21N5O4S/c1-13-19(14(2)28-22-13)29(26,27)24-10-4-6-16(24)12-23-18(25)8-7-17(21-23)15-5-3-9-20-11-15/h3,5,7-9,11,16H,4,6,10,12H2,1-2H3. The van der Waals surface area contributed by atoms with Crippen LogP contribution in [0, 0.1) is 13.8 Å². The molecule has 0 spiro atoms. The summed E-state index contributed by atoms with van der Waals surface area (Å²) in [6.45, 7) is 3.75. The Bertz CT molecular complexity index is 1170. The molecule has 1 saturated heterocycles. The Hall–Kier alpha value is -2.85. The fourth-order valence-corrected chi connectivity index (χ4v) is 5.70. The van der Waals surface area contributed by atoms with Crippen LogP contribution in [-0.4, -0.2) is 45.2 Å². The van der Waals surface area contributed by atoms with Gasteiger partial charge < -0.3 is 4.52 Å². The Balaban J connectivity index is 1.65. The van der Waals surface area contributed by atoms with Crippen LogP contribution in [0.2, 0.25) is 0 Å². The first-order valence-corrected chi connectivity index (χ1v) is 10.7. The molecule has 152 valence electrons. The lowest BCUT2D eigenvalue weighted by atomic mass is 10.2. The van der Waals surface area contributed by atoms with E-state index in [0.717, 1.165) is 5.56 Å². The minimum Gasteiger partial charge on any atom is -0.360 e. The van der Waals surface area contributed by atoms with Crippen LogP contribution >= 0.6 is 0 Å². The van der Waals surface area contributed by atoms with Crippen molar-refractivity contribution in [2.75, 3.05) is 6.54 Å². The maximum atomic E-state index is 13.2. The summed E-state index contributed by atoms with van der Waals surface area (Å²) in [5.74, 6) is 0.266. The van der Waals surface area contributed by atoms with Gasteiger partial charge in [-0.3, -0.25) is 9.78 Å². The molecule has 9 nitrogen and oxygen atoms in total.